The molecule has 0 aliphatic heterocycles. The topological polar surface area (TPSA) is 47.3 Å². The van der Waals surface area contributed by atoms with E-state index in [2.05, 4.69) is 31.3 Å². The molecule has 3 N–H and O–H groups in total. The minimum atomic E-state index is 0.0821. The van der Waals surface area contributed by atoms with Crippen LogP contribution in [0.4, 0.5) is 0 Å². The Labute approximate surface area is 111 Å². The molecule has 0 saturated heterocycles. The lowest BCUT2D eigenvalue weighted by atomic mass is 9.90. The van der Waals surface area contributed by atoms with Crippen molar-refractivity contribution in [3.05, 3.63) is 29.3 Å². The van der Waals surface area contributed by atoms with Crippen LogP contribution in [-0.4, -0.2) is 20.7 Å². The van der Waals surface area contributed by atoms with Gasteiger partial charge in [0.05, 0.1) is 7.11 Å². The third-order valence-electron chi connectivity index (χ3n) is 3.57. The Morgan fingerprint density at radius 1 is 1.33 bits per heavy atom. The van der Waals surface area contributed by atoms with Crippen molar-refractivity contribution in [1.29, 1.82) is 0 Å². The van der Waals surface area contributed by atoms with Gasteiger partial charge in [0.25, 0.3) is 0 Å². The second-order valence-electron chi connectivity index (χ2n) is 4.68. The first-order valence-corrected chi connectivity index (χ1v) is 6.74. The summed E-state index contributed by atoms with van der Waals surface area (Å²) >= 11 is 0. The van der Waals surface area contributed by atoms with Gasteiger partial charge in [0, 0.05) is 6.04 Å². The molecule has 3 heteroatoms. The zero-order valence-electron chi connectivity index (χ0n) is 12.0. The molecule has 0 saturated carbocycles. The Morgan fingerprint density at radius 2 is 2.06 bits per heavy atom. The summed E-state index contributed by atoms with van der Waals surface area (Å²) in [7, 11) is 3.69. The third kappa shape index (κ3) is 3.47. The minimum absolute atomic E-state index is 0.0821. The summed E-state index contributed by atoms with van der Waals surface area (Å²) in [6, 6.07) is 6.38. The summed E-state index contributed by atoms with van der Waals surface area (Å²) in [5.74, 6) is 1.42. The predicted molar refractivity (Wildman–Crippen MR) is 77.0 cm³/mol. The quantitative estimate of drug-likeness (QED) is 0.781. The van der Waals surface area contributed by atoms with Gasteiger partial charge in [-0.15, -0.1) is 0 Å². The van der Waals surface area contributed by atoms with E-state index in [1.807, 2.05) is 13.1 Å². The van der Waals surface area contributed by atoms with E-state index in [-0.39, 0.29) is 6.04 Å². The average molecular weight is 250 g/mol. The molecular formula is C15H26N2O. The van der Waals surface area contributed by atoms with Crippen molar-refractivity contribution in [3.63, 3.8) is 0 Å². The van der Waals surface area contributed by atoms with Gasteiger partial charge >= 0.3 is 0 Å². The molecule has 0 spiro atoms. The maximum Gasteiger partial charge on any atom is 0.122 e. The molecule has 2 unspecified atom stereocenters. The number of rotatable bonds is 7. The number of aryl methyl sites for hydroxylation is 1. The monoisotopic (exact) mass is 250 g/mol. The standard InChI is InChI=1S/C15H26N2O/c1-5-11-9-13(7-8-14(11)18-4)15(16)12(6-2)10-17-3/h7-9,12,15,17H,5-6,10,16H2,1-4H3. The SMILES string of the molecule is CCc1cc(C(N)C(CC)CNC)ccc1OC. The van der Waals surface area contributed by atoms with Gasteiger partial charge in [0.1, 0.15) is 5.75 Å². The first-order chi connectivity index (χ1) is 8.67. The summed E-state index contributed by atoms with van der Waals surface area (Å²) in [5, 5.41) is 3.22. The molecule has 1 aromatic rings. The molecule has 0 aliphatic rings. The highest BCUT2D eigenvalue weighted by molar-refractivity contribution is 5.38. The minimum Gasteiger partial charge on any atom is -0.496 e. The second-order valence-corrected chi connectivity index (χ2v) is 4.68. The highest BCUT2D eigenvalue weighted by Crippen LogP contribution is 2.27. The number of hydrogen-bond acceptors (Lipinski definition) is 3. The molecule has 1 aromatic carbocycles. The largest absolute Gasteiger partial charge is 0.496 e. The number of nitrogens with one attached hydrogen (secondary N) is 1. The van der Waals surface area contributed by atoms with Crippen molar-refractivity contribution in [3.8, 4) is 5.75 Å². The fourth-order valence-electron chi connectivity index (χ4n) is 2.34. The zero-order chi connectivity index (χ0) is 13.5. The Balaban J connectivity index is 2.94. The van der Waals surface area contributed by atoms with E-state index in [4.69, 9.17) is 10.5 Å². The van der Waals surface area contributed by atoms with Crippen molar-refractivity contribution in [2.75, 3.05) is 20.7 Å². The Bertz CT molecular complexity index is 366. The van der Waals surface area contributed by atoms with Crippen LogP contribution in [0, 0.1) is 5.92 Å². The lowest BCUT2D eigenvalue weighted by molar-refractivity contribution is 0.398. The van der Waals surface area contributed by atoms with Crippen LogP contribution in [0.5, 0.6) is 5.75 Å². The number of nitrogens with two attached hydrogens (primary N) is 1. The van der Waals surface area contributed by atoms with Crippen molar-refractivity contribution in [2.24, 2.45) is 11.7 Å². The van der Waals surface area contributed by atoms with Crippen LogP contribution in [0.15, 0.2) is 18.2 Å². The molecule has 0 amide bonds. The van der Waals surface area contributed by atoms with Gasteiger partial charge in [-0.2, -0.15) is 0 Å². The highest BCUT2D eigenvalue weighted by atomic mass is 16.5. The number of ether oxygens (including phenoxy) is 1. The maximum absolute atomic E-state index is 6.37. The van der Waals surface area contributed by atoms with E-state index < -0.39 is 0 Å². The van der Waals surface area contributed by atoms with Crippen LogP contribution in [0.2, 0.25) is 0 Å². The summed E-state index contributed by atoms with van der Waals surface area (Å²) in [6.45, 7) is 5.27. The van der Waals surface area contributed by atoms with E-state index in [0.29, 0.717) is 5.92 Å². The molecule has 2 atom stereocenters. The molecule has 0 heterocycles. The van der Waals surface area contributed by atoms with Crippen LogP contribution in [0.25, 0.3) is 0 Å². The molecule has 0 bridgehead atoms. The Morgan fingerprint density at radius 3 is 2.56 bits per heavy atom. The van der Waals surface area contributed by atoms with Crippen LogP contribution in [0.3, 0.4) is 0 Å². The molecule has 18 heavy (non-hydrogen) atoms. The Hall–Kier alpha value is -1.06. The van der Waals surface area contributed by atoms with Gasteiger partial charge in [0.15, 0.2) is 0 Å². The number of hydrogen-bond donors (Lipinski definition) is 2. The van der Waals surface area contributed by atoms with Gasteiger partial charge in [-0.25, -0.2) is 0 Å². The molecule has 0 aliphatic carbocycles. The number of benzene rings is 1. The molecule has 0 aromatic heterocycles. The first-order valence-electron chi connectivity index (χ1n) is 6.74. The summed E-state index contributed by atoms with van der Waals surface area (Å²) < 4.78 is 5.35. The van der Waals surface area contributed by atoms with Gasteiger partial charge < -0.3 is 15.8 Å². The normalized spacial score (nSPS) is 14.3. The Kier molecular flexibility index (Phi) is 6.16. The van der Waals surface area contributed by atoms with E-state index in [1.54, 1.807) is 7.11 Å². The van der Waals surface area contributed by atoms with Crippen LogP contribution >= 0.6 is 0 Å². The maximum atomic E-state index is 6.37. The van der Waals surface area contributed by atoms with Crippen LogP contribution in [-0.2, 0) is 6.42 Å². The van der Waals surface area contributed by atoms with Gasteiger partial charge in [-0.1, -0.05) is 32.4 Å². The zero-order valence-corrected chi connectivity index (χ0v) is 12.0. The van der Waals surface area contributed by atoms with Crippen LogP contribution in [0.1, 0.15) is 37.4 Å². The van der Waals surface area contributed by atoms with Crippen molar-refractivity contribution < 1.29 is 4.74 Å². The van der Waals surface area contributed by atoms with E-state index in [0.717, 1.165) is 25.1 Å². The van der Waals surface area contributed by atoms with Gasteiger partial charge in [-0.05, 0) is 43.1 Å². The fourth-order valence-corrected chi connectivity index (χ4v) is 2.34. The number of methoxy groups -OCH3 is 1. The van der Waals surface area contributed by atoms with Crippen molar-refractivity contribution in [2.45, 2.75) is 32.7 Å². The molecule has 0 fully saturated rings. The molecular weight excluding hydrogens is 224 g/mol. The lowest BCUT2D eigenvalue weighted by Gasteiger charge is -2.23. The molecule has 0 radical (unpaired) electrons. The smallest absolute Gasteiger partial charge is 0.122 e. The molecule has 102 valence electrons. The second kappa shape index (κ2) is 7.39. The lowest BCUT2D eigenvalue weighted by Crippen LogP contribution is -2.29. The van der Waals surface area contributed by atoms with Crippen molar-refractivity contribution in [1.82, 2.24) is 5.32 Å². The molecule has 1 rings (SSSR count). The van der Waals surface area contributed by atoms with Crippen LogP contribution < -0.4 is 15.8 Å². The summed E-state index contributed by atoms with van der Waals surface area (Å²) in [5.41, 5.74) is 8.80. The average Bonchev–Trinajstić information content (AvgIpc) is 2.43. The first kappa shape index (κ1) is 15.0. The fraction of sp³-hybridized carbons (Fsp3) is 0.600. The summed E-state index contributed by atoms with van der Waals surface area (Å²) in [6.07, 6.45) is 2.04. The summed E-state index contributed by atoms with van der Waals surface area (Å²) in [4.78, 5) is 0. The third-order valence-corrected chi connectivity index (χ3v) is 3.57. The van der Waals surface area contributed by atoms with E-state index in [9.17, 15) is 0 Å². The predicted octanol–water partition coefficient (Wildman–Crippen LogP) is 2.50. The van der Waals surface area contributed by atoms with E-state index in [1.165, 1.54) is 11.1 Å². The van der Waals surface area contributed by atoms with Crippen molar-refractivity contribution >= 4 is 0 Å². The van der Waals surface area contributed by atoms with Gasteiger partial charge in [-0.3, -0.25) is 0 Å². The van der Waals surface area contributed by atoms with E-state index >= 15 is 0 Å². The highest BCUT2D eigenvalue weighted by Gasteiger charge is 2.18. The molecule has 3 nitrogen and oxygen atoms in total. The van der Waals surface area contributed by atoms with Gasteiger partial charge in [0.2, 0.25) is 0 Å².